The summed E-state index contributed by atoms with van der Waals surface area (Å²) in [6, 6.07) is 7.24. The zero-order valence-electron chi connectivity index (χ0n) is 10.6. The van der Waals surface area contributed by atoms with Crippen molar-refractivity contribution >= 4 is 34.6 Å². The summed E-state index contributed by atoms with van der Waals surface area (Å²) in [5.74, 6) is -0.829. The van der Waals surface area contributed by atoms with Gasteiger partial charge in [-0.25, -0.2) is 0 Å². The van der Waals surface area contributed by atoms with Crippen LogP contribution in [-0.4, -0.2) is 20.1 Å². The lowest BCUT2D eigenvalue weighted by atomic mass is 10.3. The highest BCUT2D eigenvalue weighted by atomic mass is 35.5. The Morgan fingerprint density at radius 2 is 1.09 bits per heavy atom. The minimum absolute atomic E-state index is 0.271. The molecule has 0 saturated carbocycles. The third kappa shape index (κ3) is 4.76. The standard InChI is InChI=1S/2C6H4ClNO3/c2*7-4-1-2-5(8(10)11)6(9)3-4/h2*1-3,9H. The molecule has 0 unspecified atom stereocenters. The third-order valence-corrected chi connectivity index (χ3v) is 2.74. The van der Waals surface area contributed by atoms with Gasteiger partial charge in [-0.3, -0.25) is 20.2 Å². The number of halogens is 2. The second kappa shape index (κ2) is 7.43. The Labute approximate surface area is 133 Å². The minimum Gasteiger partial charge on any atom is -0.502 e. The summed E-state index contributed by atoms with van der Waals surface area (Å²) in [5, 5.41) is 38.7. The number of nitrogens with zero attached hydrogens (tertiary/aromatic N) is 2. The van der Waals surface area contributed by atoms with Crippen molar-refractivity contribution in [2.75, 3.05) is 0 Å². The third-order valence-electron chi connectivity index (χ3n) is 2.27. The monoisotopic (exact) mass is 346 g/mol. The highest BCUT2D eigenvalue weighted by Gasteiger charge is 2.12. The van der Waals surface area contributed by atoms with Crippen LogP contribution in [0.15, 0.2) is 36.4 Å². The highest BCUT2D eigenvalue weighted by molar-refractivity contribution is 6.31. The lowest BCUT2D eigenvalue weighted by Gasteiger charge is -1.94. The molecule has 2 aromatic carbocycles. The smallest absolute Gasteiger partial charge is 0.310 e. The van der Waals surface area contributed by atoms with Crippen molar-refractivity contribution in [3.63, 3.8) is 0 Å². The number of phenolic OH excluding ortho intramolecular Hbond substituents is 2. The molecule has 2 aromatic rings. The van der Waals surface area contributed by atoms with E-state index in [1.807, 2.05) is 0 Å². The molecule has 0 aromatic heterocycles. The fourth-order valence-corrected chi connectivity index (χ4v) is 1.63. The highest BCUT2D eigenvalue weighted by Crippen LogP contribution is 2.28. The topological polar surface area (TPSA) is 127 Å². The molecule has 10 heteroatoms. The lowest BCUT2D eigenvalue weighted by molar-refractivity contribution is -0.386. The van der Waals surface area contributed by atoms with Crippen molar-refractivity contribution in [3.8, 4) is 11.5 Å². The Hall–Kier alpha value is -2.58. The van der Waals surface area contributed by atoms with E-state index in [9.17, 15) is 20.2 Å². The predicted molar refractivity (Wildman–Crippen MR) is 79.5 cm³/mol. The van der Waals surface area contributed by atoms with Crippen LogP contribution in [0.4, 0.5) is 11.4 Å². The predicted octanol–water partition coefficient (Wildman–Crippen LogP) is 3.91. The van der Waals surface area contributed by atoms with E-state index in [4.69, 9.17) is 33.4 Å². The van der Waals surface area contributed by atoms with Crippen LogP contribution in [0, 0.1) is 20.2 Å². The van der Waals surface area contributed by atoms with Gasteiger partial charge in [0.05, 0.1) is 9.85 Å². The number of nitro groups is 2. The second-order valence-electron chi connectivity index (χ2n) is 3.78. The molecule has 0 amide bonds. The minimum atomic E-state index is -0.675. The van der Waals surface area contributed by atoms with Gasteiger partial charge in [-0.05, 0) is 12.1 Å². The van der Waals surface area contributed by atoms with E-state index in [-0.39, 0.29) is 21.4 Å². The maximum absolute atomic E-state index is 10.1. The van der Waals surface area contributed by atoms with Gasteiger partial charge >= 0.3 is 11.4 Å². The van der Waals surface area contributed by atoms with E-state index in [1.54, 1.807) is 0 Å². The van der Waals surface area contributed by atoms with Crippen molar-refractivity contribution in [1.29, 1.82) is 0 Å². The molecule has 2 N–H and O–H groups in total. The molecule has 0 aliphatic rings. The largest absolute Gasteiger partial charge is 0.502 e. The van der Waals surface area contributed by atoms with Crippen LogP contribution in [0.3, 0.4) is 0 Å². The average molecular weight is 347 g/mol. The molecule has 0 bridgehead atoms. The first-order chi connectivity index (χ1) is 10.2. The van der Waals surface area contributed by atoms with Gasteiger partial charge in [0.15, 0.2) is 11.5 Å². The maximum Gasteiger partial charge on any atom is 0.310 e. The summed E-state index contributed by atoms with van der Waals surface area (Å²) in [6.45, 7) is 0. The van der Waals surface area contributed by atoms with E-state index in [0.717, 1.165) is 24.3 Å². The van der Waals surface area contributed by atoms with Gasteiger partial charge in [-0.1, -0.05) is 23.2 Å². The summed E-state index contributed by atoms with van der Waals surface area (Å²) in [6.07, 6.45) is 0. The number of benzene rings is 2. The van der Waals surface area contributed by atoms with Gasteiger partial charge in [0.2, 0.25) is 0 Å². The fourth-order valence-electron chi connectivity index (χ4n) is 1.30. The summed E-state index contributed by atoms with van der Waals surface area (Å²) in [7, 11) is 0. The Morgan fingerprint density at radius 3 is 1.32 bits per heavy atom. The van der Waals surface area contributed by atoms with Crippen molar-refractivity contribution in [2.45, 2.75) is 0 Å². The van der Waals surface area contributed by atoms with Crippen LogP contribution in [0.25, 0.3) is 0 Å². The van der Waals surface area contributed by atoms with E-state index in [1.165, 1.54) is 12.1 Å². The van der Waals surface area contributed by atoms with Gasteiger partial charge in [0, 0.05) is 34.3 Å². The average Bonchev–Trinajstić information content (AvgIpc) is 2.38. The fraction of sp³-hybridized carbons (Fsp3) is 0. The van der Waals surface area contributed by atoms with Crippen molar-refractivity contribution in [2.24, 2.45) is 0 Å². The summed E-state index contributed by atoms with van der Waals surface area (Å²) in [4.78, 5) is 18.9. The van der Waals surface area contributed by atoms with Gasteiger partial charge in [-0.15, -0.1) is 0 Å². The quantitative estimate of drug-likeness (QED) is 0.626. The number of aromatic hydroxyl groups is 2. The molecule has 0 aliphatic carbocycles. The van der Waals surface area contributed by atoms with E-state index >= 15 is 0 Å². The van der Waals surface area contributed by atoms with Crippen molar-refractivity contribution < 1.29 is 20.1 Å². The molecular formula is C12H8Cl2N2O6. The van der Waals surface area contributed by atoms with E-state index < -0.39 is 21.3 Å². The van der Waals surface area contributed by atoms with Crippen molar-refractivity contribution in [1.82, 2.24) is 0 Å². The molecule has 0 fully saturated rings. The normalized spacial score (nSPS) is 9.55. The zero-order valence-corrected chi connectivity index (χ0v) is 12.2. The molecule has 8 nitrogen and oxygen atoms in total. The van der Waals surface area contributed by atoms with Gasteiger partial charge < -0.3 is 10.2 Å². The molecule has 0 aliphatic heterocycles. The zero-order chi connectivity index (χ0) is 16.9. The molecule has 2 rings (SSSR count). The number of hydrogen-bond acceptors (Lipinski definition) is 6. The Bertz CT molecular complexity index is 661. The SMILES string of the molecule is O=[N+]([O-])c1ccc(Cl)cc1O.O=[N+]([O-])c1ccc(Cl)cc1O. The van der Waals surface area contributed by atoms with Gasteiger partial charge in [0.25, 0.3) is 0 Å². The Balaban J connectivity index is 0.000000220. The van der Waals surface area contributed by atoms with Gasteiger partial charge in [0.1, 0.15) is 0 Å². The Morgan fingerprint density at radius 1 is 0.773 bits per heavy atom. The molecule has 0 saturated heterocycles. The van der Waals surface area contributed by atoms with Crippen LogP contribution in [-0.2, 0) is 0 Å². The first-order valence-corrected chi connectivity index (χ1v) is 6.23. The number of rotatable bonds is 2. The molecular weight excluding hydrogens is 339 g/mol. The Kier molecular flexibility index (Phi) is 5.90. The first-order valence-electron chi connectivity index (χ1n) is 5.48. The van der Waals surface area contributed by atoms with Gasteiger partial charge in [-0.2, -0.15) is 0 Å². The molecule has 0 radical (unpaired) electrons. The van der Waals surface area contributed by atoms with Crippen LogP contribution in [0.1, 0.15) is 0 Å². The maximum atomic E-state index is 10.1. The summed E-state index contributed by atoms with van der Waals surface area (Å²) in [5.41, 5.74) is -0.677. The number of nitro benzene ring substituents is 2. The molecule has 116 valence electrons. The van der Waals surface area contributed by atoms with Crippen LogP contribution >= 0.6 is 23.2 Å². The van der Waals surface area contributed by atoms with E-state index in [0.29, 0.717) is 0 Å². The number of hydrogen-bond donors (Lipinski definition) is 2. The molecule has 22 heavy (non-hydrogen) atoms. The van der Waals surface area contributed by atoms with Crippen LogP contribution in [0.2, 0.25) is 10.0 Å². The first kappa shape index (κ1) is 17.5. The number of phenols is 2. The van der Waals surface area contributed by atoms with E-state index in [2.05, 4.69) is 0 Å². The molecule has 0 heterocycles. The van der Waals surface area contributed by atoms with Crippen LogP contribution < -0.4 is 0 Å². The molecule has 0 spiro atoms. The lowest BCUT2D eigenvalue weighted by Crippen LogP contribution is -1.87. The van der Waals surface area contributed by atoms with Crippen molar-refractivity contribution in [3.05, 3.63) is 66.7 Å². The summed E-state index contributed by atoms with van der Waals surface area (Å²) < 4.78 is 0. The molecule has 0 atom stereocenters. The summed E-state index contributed by atoms with van der Waals surface area (Å²) >= 11 is 10.9. The second-order valence-corrected chi connectivity index (χ2v) is 4.65. The van der Waals surface area contributed by atoms with Crippen LogP contribution in [0.5, 0.6) is 11.5 Å².